The third kappa shape index (κ3) is 5.09. The smallest absolute Gasteiger partial charge is 0.253 e. The van der Waals surface area contributed by atoms with Crippen molar-refractivity contribution in [2.24, 2.45) is 0 Å². The molecule has 1 unspecified atom stereocenters. The summed E-state index contributed by atoms with van der Waals surface area (Å²) in [4.78, 5) is 30.1. The van der Waals surface area contributed by atoms with E-state index in [2.05, 4.69) is 4.90 Å². The maximum absolute atomic E-state index is 13.2. The number of hydrogen-bond acceptors (Lipinski definition) is 3. The van der Waals surface area contributed by atoms with E-state index in [-0.39, 0.29) is 23.7 Å². The number of benzene rings is 2. The maximum Gasteiger partial charge on any atom is 0.253 e. The van der Waals surface area contributed by atoms with Gasteiger partial charge in [0.2, 0.25) is 5.91 Å². The fourth-order valence-electron chi connectivity index (χ4n) is 3.39. The minimum atomic E-state index is -0.263. The molecule has 2 aromatic rings. The van der Waals surface area contributed by atoms with E-state index in [1.165, 1.54) is 17.0 Å². The van der Waals surface area contributed by atoms with Gasteiger partial charge in [-0.15, -0.1) is 0 Å². The van der Waals surface area contributed by atoms with Crippen LogP contribution in [0.5, 0.6) is 0 Å². The maximum atomic E-state index is 13.2. The SMILES string of the molecule is CN(C)C(=O)c1ccc(/C=C/C(=O)N2CCN(C)C(c3ccc(F)cc3)C2)cc1. The van der Waals surface area contributed by atoms with Crippen LogP contribution in [0.25, 0.3) is 6.08 Å². The average Bonchev–Trinajstić information content (AvgIpc) is 2.73. The number of hydrogen-bond donors (Lipinski definition) is 0. The van der Waals surface area contributed by atoms with Crippen LogP contribution in [0.3, 0.4) is 0 Å². The van der Waals surface area contributed by atoms with E-state index in [0.717, 1.165) is 17.7 Å². The zero-order valence-corrected chi connectivity index (χ0v) is 17.0. The molecule has 1 atom stereocenters. The van der Waals surface area contributed by atoms with Gasteiger partial charge in [0.15, 0.2) is 0 Å². The predicted molar refractivity (Wildman–Crippen MR) is 112 cm³/mol. The number of nitrogens with zero attached hydrogens (tertiary/aromatic N) is 3. The highest BCUT2D eigenvalue weighted by Crippen LogP contribution is 2.24. The Morgan fingerprint density at radius 1 is 1.03 bits per heavy atom. The second kappa shape index (κ2) is 9.01. The first-order valence-corrected chi connectivity index (χ1v) is 9.59. The Kier molecular flexibility index (Phi) is 6.44. The van der Waals surface area contributed by atoms with Crippen LogP contribution in [0, 0.1) is 5.82 Å². The van der Waals surface area contributed by atoms with Gasteiger partial charge in [-0.25, -0.2) is 4.39 Å². The molecule has 3 rings (SSSR count). The Morgan fingerprint density at radius 2 is 1.69 bits per heavy atom. The Hall–Kier alpha value is -2.99. The molecule has 0 saturated carbocycles. The number of halogens is 1. The number of piperazine rings is 1. The molecule has 0 aliphatic carbocycles. The molecular formula is C23H26FN3O2. The molecular weight excluding hydrogens is 369 g/mol. The first-order chi connectivity index (χ1) is 13.8. The molecule has 0 spiro atoms. The summed E-state index contributed by atoms with van der Waals surface area (Å²) in [5, 5.41) is 0. The van der Waals surface area contributed by atoms with Crippen LogP contribution >= 0.6 is 0 Å². The van der Waals surface area contributed by atoms with Crippen LogP contribution < -0.4 is 0 Å². The van der Waals surface area contributed by atoms with E-state index in [1.807, 2.05) is 24.1 Å². The average molecular weight is 395 g/mol. The topological polar surface area (TPSA) is 43.9 Å². The molecule has 1 saturated heterocycles. The Labute approximate surface area is 171 Å². The lowest BCUT2D eigenvalue weighted by molar-refractivity contribution is -0.128. The van der Waals surface area contributed by atoms with Crippen molar-refractivity contribution in [2.75, 3.05) is 40.8 Å². The van der Waals surface area contributed by atoms with E-state index in [4.69, 9.17) is 0 Å². The van der Waals surface area contributed by atoms with E-state index in [9.17, 15) is 14.0 Å². The summed E-state index contributed by atoms with van der Waals surface area (Å²) in [5.74, 6) is -0.374. The second-order valence-electron chi connectivity index (χ2n) is 7.49. The zero-order chi connectivity index (χ0) is 21.0. The summed E-state index contributed by atoms with van der Waals surface area (Å²) in [6, 6.07) is 13.7. The molecule has 0 bridgehead atoms. The fourth-order valence-corrected chi connectivity index (χ4v) is 3.39. The molecule has 1 aliphatic rings. The Bertz CT molecular complexity index is 891. The molecule has 0 radical (unpaired) electrons. The van der Waals surface area contributed by atoms with E-state index in [0.29, 0.717) is 18.7 Å². The Balaban J connectivity index is 1.65. The molecule has 1 aliphatic heterocycles. The van der Waals surface area contributed by atoms with Gasteiger partial charge in [0, 0.05) is 45.4 Å². The van der Waals surface area contributed by atoms with Crippen molar-refractivity contribution in [1.29, 1.82) is 0 Å². The lowest BCUT2D eigenvalue weighted by Crippen LogP contribution is -2.48. The molecule has 29 heavy (non-hydrogen) atoms. The van der Waals surface area contributed by atoms with E-state index in [1.54, 1.807) is 50.5 Å². The summed E-state index contributed by atoms with van der Waals surface area (Å²) >= 11 is 0. The molecule has 2 amide bonds. The number of carbonyl (C=O) groups is 2. The lowest BCUT2D eigenvalue weighted by Gasteiger charge is -2.39. The molecule has 1 heterocycles. The van der Waals surface area contributed by atoms with Crippen molar-refractivity contribution in [3.8, 4) is 0 Å². The molecule has 0 N–H and O–H groups in total. The standard InChI is InChI=1S/C23H26FN3O2/c1-25(2)23(29)19-7-4-17(5-8-19)6-13-22(28)27-15-14-26(3)21(16-27)18-9-11-20(24)12-10-18/h4-13,21H,14-16H2,1-3H3/b13-6+. The van der Waals surface area contributed by atoms with Gasteiger partial charge in [0.05, 0.1) is 6.04 Å². The van der Waals surface area contributed by atoms with Crippen LogP contribution in [0.1, 0.15) is 27.5 Å². The summed E-state index contributed by atoms with van der Waals surface area (Å²) in [6.45, 7) is 1.96. The number of amides is 2. The summed E-state index contributed by atoms with van der Waals surface area (Å²) < 4.78 is 13.2. The first kappa shape index (κ1) is 20.7. The summed E-state index contributed by atoms with van der Waals surface area (Å²) in [6.07, 6.45) is 3.33. The highest BCUT2D eigenvalue weighted by Gasteiger charge is 2.27. The van der Waals surface area contributed by atoms with Gasteiger partial charge in [0.1, 0.15) is 5.82 Å². The van der Waals surface area contributed by atoms with Gasteiger partial charge in [-0.2, -0.15) is 0 Å². The third-order valence-corrected chi connectivity index (χ3v) is 5.20. The van der Waals surface area contributed by atoms with Gasteiger partial charge in [-0.1, -0.05) is 24.3 Å². The quantitative estimate of drug-likeness (QED) is 0.748. The lowest BCUT2D eigenvalue weighted by atomic mass is 10.0. The van der Waals surface area contributed by atoms with Gasteiger partial charge in [-0.3, -0.25) is 14.5 Å². The minimum Gasteiger partial charge on any atom is -0.345 e. The monoisotopic (exact) mass is 395 g/mol. The van der Waals surface area contributed by atoms with Gasteiger partial charge >= 0.3 is 0 Å². The largest absolute Gasteiger partial charge is 0.345 e. The number of rotatable bonds is 4. The van der Waals surface area contributed by atoms with Crippen LogP contribution in [-0.2, 0) is 4.79 Å². The highest BCUT2D eigenvalue weighted by molar-refractivity contribution is 5.94. The number of likely N-dealkylation sites (N-methyl/N-ethyl adjacent to an activating group) is 1. The van der Waals surface area contributed by atoms with Crippen molar-refractivity contribution in [2.45, 2.75) is 6.04 Å². The minimum absolute atomic E-state index is 0.0398. The Morgan fingerprint density at radius 3 is 2.31 bits per heavy atom. The third-order valence-electron chi connectivity index (χ3n) is 5.20. The van der Waals surface area contributed by atoms with Crippen LogP contribution in [-0.4, -0.2) is 67.3 Å². The highest BCUT2D eigenvalue weighted by atomic mass is 19.1. The van der Waals surface area contributed by atoms with Crippen molar-refractivity contribution in [1.82, 2.24) is 14.7 Å². The summed E-state index contributed by atoms with van der Waals surface area (Å²) in [5.41, 5.74) is 2.47. The van der Waals surface area contributed by atoms with Crippen molar-refractivity contribution < 1.29 is 14.0 Å². The van der Waals surface area contributed by atoms with Gasteiger partial charge < -0.3 is 9.80 Å². The molecule has 6 heteroatoms. The zero-order valence-electron chi connectivity index (χ0n) is 17.0. The van der Waals surface area contributed by atoms with Crippen LogP contribution in [0.15, 0.2) is 54.6 Å². The predicted octanol–water partition coefficient (Wildman–Crippen LogP) is 3.06. The fraction of sp³-hybridized carbons (Fsp3) is 0.304. The normalized spacial score (nSPS) is 17.5. The van der Waals surface area contributed by atoms with Gasteiger partial charge in [0.25, 0.3) is 5.91 Å². The van der Waals surface area contributed by atoms with Crippen LogP contribution in [0.2, 0.25) is 0 Å². The number of carbonyl (C=O) groups excluding carboxylic acids is 2. The summed E-state index contributed by atoms with van der Waals surface area (Å²) in [7, 11) is 5.44. The van der Waals surface area contributed by atoms with Crippen LogP contribution in [0.4, 0.5) is 4.39 Å². The van der Waals surface area contributed by atoms with Crippen molar-refractivity contribution in [3.63, 3.8) is 0 Å². The molecule has 0 aromatic heterocycles. The molecule has 152 valence electrons. The molecule has 1 fully saturated rings. The first-order valence-electron chi connectivity index (χ1n) is 9.59. The van der Waals surface area contributed by atoms with Crippen molar-refractivity contribution in [3.05, 3.63) is 77.1 Å². The van der Waals surface area contributed by atoms with E-state index >= 15 is 0 Å². The van der Waals surface area contributed by atoms with Gasteiger partial charge in [-0.05, 0) is 48.5 Å². The molecule has 2 aromatic carbocycles. The van der Waals surface area contributed by atoms with Crippen molar-refractivity contribution >= 4 is 17.9 Å². The molecule has 5 nitrogen and oxygen atoms in total. The van der Waals surface area contributed by atoms with E-state index < -0.39 is 0 Å². The second-order valence-corrected chi connectivity index (χ2v) is 7.49.